The lowest BCUT2D eigenvalue weighted by atomic mass is 9.71. The summed E-state index contributed by atoms with van der Waals surface area (Å²) in [5.74, 6) is 0.544. The van der Waals surface area contributed by atoms with Crippen molar-refractivity contribution in [3.63, 3.8) is 0 Å². The van der Waals surface area contributed by atoms with Gasteiger partial charge in [-0.1, -0.05) is 25.0 Å². The van der Waals surface area contributed by atoms with Crippen LogP contribution in [0.25, 0.3) is 0 Å². The summed E-state index contributed by atoms with van der Waals surface area (Å²) in [5.41, 5.74) is -0.241. The van der Waals surface area contributed by atoms with Gasteiger partial charge in [-0.2, -0.15) is 0 Å². The Kier molecular flexibility index (Phi) is 5.87. The van der Waals surface area contributed by atoms with Crippen molar-refractivity contribution in [3.8, 4) is 5.75 Å². The zero-order valence-electron chi connectivity index (χ0n) is 13.9. The molecule has 1 aromatic rings. The van der Waals surface area contributed by atoms with Crippen molar-refractivity contribution in [2.45, 2.75) is 31.3 Å². The number of nitrogens with zero attached hydrogens (tertiary/aromatic N) is 1. The van der Waals surface area contributed by atoms with Gasteiger partial charge in [-0.05, 0) is 37.6 Å². The predicted octanol–water partition coefficient (Wildman–Crippen LogP) is 2.75. The molecular weight excluding hydrogens is 317 g/mol. The molecule has 0 radical (unpaired) electrons. The smallest absolute Gasteiger partial charge is 0.405 e. The third-order valence-electron chi connectivity index (χ3n) is 4.76. The lowest BCUT2D eigenvalue weighted by molar-refractivity contribution is -0.0597. The molecule has 2 rings (SSSR count). The number of aliphatic hydroxyl groups is 1. The molecule has 1 aliphatic carbocycles. The molecule has 2 N–H and O–H groups in total. The maximum absolute atomic E-state index is 12.0. The van der Waals surface area contributed by atoms with E-state index in [-0.39, 0.29) is 12.5 Å². The van der Waals surface area contributed by atoms with Crippen LogP contribution in [0.3, 0.4) is 0 Å². The summed E-state index contributed by atoms with van der Waals surface area (Å²) in [5, 5.41) is 11.3. The van der Waals surface area contributed by atoms with E-state index < -0.39 is 13.3 Å². The van der Waals surface area contributed by atoms with Crippen LogP contribution < -0.4 is 4.74 Å². The quantitative estimate of drug-likeness (QED) is 0.773. The van der Waals surface area contributed by atoms with Gasteiger partial charge in [-0.25, -0.2) is 9.24 Å². The highest BCUT2D eigenvalue weighted by Crippen LogP contribution is 2.48. The van der Waals surface area contributed by atoms with Crippen LogP contribution in [0.4, 0.5) is 0 Å². The van der Waals surface area contributed by atoms with Gasteiger partial charge in [0.1, 0.15) is 5.75 Å². The van der Waals surface area contributed by atoms with E-state index in [4.69, 9.17) is 4.74 Å². The molecule has 0 amide bonds. The van der Waals surface area contributed by atoms with Gasteiger partial charge < -0.3 is 19.3 Å². The SMILES string of the molecule is COc1cccc(C2(O)CCCCC2CN(C)P(=O)(O)OC)c1. The second-order valence-electron chi connectivity index (χ2n) is 6.11. The van der Waals surface area contributed by atoms with Crippen molar-refractivity contribution in [2.24, 2.45) is 5.92 Å². The average molecular weight is 343 g/mol. The number of hydrogen-bond acceptors (Lipinski definition) is 4. The van der Waals surface area contributed by atoms with Crippen LogP contribution in [0, 0.1) is 5.92 Å². The standard InChI is InChI=1S/C16H26NO5P/c1-17(23(19,20)22-3)12-14-7-4-5-10-16(14,18)13-8-6-9-15(11-13)21-2/h6,8-9,11,14,18H,4-5,7,10,12H2,1-3H3,(H,19,20). The van der Waals surface area contributed by atoms with E-state index in [0.29, 0.717) is 12.2 Å². The Morgan fingerprint density at radius 3 is 2.78 bits per heavy atom. The van der Waals surface area contributed by atoms with Gasteiger partial charge in [0.15, 0.2) is 0 Å². The molecule has 0 spiro atoms. The summed E-state index contributed by atoms with van der Waals surface area (Å²) in [7, 11) is 0.558. The van der Waals surface area contributed by atoms with E-state index in [1.54, 1.807) is 14.2 Å². The van der Waals surface area contributed by atoms with Crippen LogP contribution in [-0.2, 0) is 14.7 Å². The molecule has 0 saturated heterocycles. The minimum atomic E-state index is -3.80. The fourth-order valence-electron chi connectivity index (χ4n) is 3.30. The highest BCUT2D eigenvalue weighted by molar-refractivity contribution is 7.50. The minimum Gasteiger partial charge on any atom is -0.497 e. The first-order valence-electron chi connectivity index (χ1n) is 7.80. The first-order chi connectivity index (χ1) is 10.8. The molecule has 1 fully saturated rings. The van der Waals surface area contributed by atoms with Gasteiger partial charge in [0.2, 0.25) is 0 Å². The van der Waals surface area contributed by atoms with E-state index in [2.05, 4.69) is 4.52 Å². The molecule has 0 aromatic heterocycles. The highest BCUT2D eigenvalue weighted by Gasteiger charge is 2.42. The van der Waals surface area contributed by atoms with Crippen molar-refractivity contribution < 1.29 is 23.8 Å². The molecule has 1 aliphatic rings. The van der Waals surface area contributed by atoms with Gasteiger partial charge in [0, 0.05) is 19.6 Å². The summed E-state index contributed by atoms with van der Waals surface area (Å²) in [4.78, 5) is 9.80. The number of methoxy groups -OCH3 is 1. The molecule has 1 aromatic carbocycles. The first kappa shape index (κ1) is 18.4. The number of ether oxygens (including phenoxy) is 1. The van der Waals surface area contributed by atoms with Gasteiger partial charge >= 0.3 is 7.75 Å². The maximum atomic E-state index is 12.0. The Morgan fingerprint density at radius 1 is 1.39 bits per heavy atom. The van der Waals surface area contributed by atoms with Gasteiger partial charge in [0.05, 0.1) is 12.7 Å². The lowest BCUT2D eigenvalue weighted by Gasteiger charge is -2.42. The van der Waals surface area contributed by atoms with Gasteiger partial charge in [-0.3, -0.25) is 0 Å². The summed E-state index contributed by atoms with van der Waals surface area (Å²) < 4.78 is 23.2. The van der Waals surface area contributed by atoms with Crippen molar-refractivity contribution >= 4 is 7.75 Å². The lowest BCUT2D eigenvalue weighted by Crippen LogP contribution is -2.43. The minimum absolute atomic E-state index is 0.149. The van der Waals surface area contributed by atoms with Crippen LogP contribution in [0.15, 0.2) is 24.3 Å². The Hall–Kier alpha value is -0.910. The largest absolute Gasteiger partial charge is 0.497 e. The number of hydrogen-bond donors (Lipinski definition) is 2. The van der Waals surface area contributed by atoms with Crippen LogP contribution in [-0.4, -0.2) is 42.5 Å². The molecule has 0 heterocycles. The predicted molar refractivity (Wildman–Crippen MR) is 88.3 cm³/mol. The van der Waals surface area contributed by atoms with Crippen LogP contribution in [0.5, 0.6) is 5.75 Å². The summed E-state index contributed by atoms with van der Waals surface area (Å²) >= 11 is 0. The highest BCUT2D eigenvalue weighted by atomic mass is 31.2. The second-order valence-corrected chi connectivity index (χ2v) is 8.14. The number of benzene rings is 1. The molecule has 7 heteroatoms. The molecular formula is C16H26NO5P. The summed E-state index contributed by atoms with van der Waals surface area (Å²) in [6.07, 6.45) is 3.34. The van der Waals surface area contributed by atoms with E-state index in [1.165, 1.54) is 11.8 Å². The normalized spacial score (nSPS) is 27.7. The summed E-state index contributed by atoms with van der Waals surface area (Å²) in [6.45, 7) is 0.287. The topological polar surface area (TPSA) is 79.2 Å². The Bertz CT molecular complexity index is 581. The van der Waals surface area contributed by atoms with E-state index in [0.717, 1.165) is 24.8 Å². The third-order valence-corrected chi connectivity index (χ3v) is 6.26. The van der Waals surface area contributed by atoms with Crippen molar-refractivity contribution in [1.82, 2.24) is 4.67 Å². The molecule has 1 saturated carbocycles. The molecule has 0 aliphatic heterocycles. The summed E-state index contributed by atoms with van der Waals surface area (Å²) in [6, 6.07) is 7.42. The molecule has 3 atom stereocenters. The Balaban J connectivity index is 2.27. The van der Waals surface area contributed by atoms with E-state index in [9.17, 15) is 14.6 Å². The van der Waals surface area contributed by atoms with Crippen molar-refractivity contribution in [1.29, 1.82) is 0 Å². The maximum Gasteiger partial charge on any atom is 0.405 e. The molecule has 130 valence electrons. The Labute approximate surface area is 137 Å². The zero-order valence-corrected chi connectivity index (χ0v) is 14.8. The first-order valence-corrected chi connectivity index (χ1v) is 9.33. The fourth-order valence-corrected chi connectivity index (χ4v) is 3.99. The van der Waals surface area contributed by atoms with E-state index in [1.807, 2.05) is 24.3 Å². The molecule has 23 heavy (non-hydrogen) atoms. The average Bonchev–Trinajstić information content (AvgIpc) is 2.57. The van der Waals surface area contributed by atoms with E-state index >= 15 is 0 Å². The fraction of sp³-hybridized carbons (Fsp3) is 0.625. The van der Waals surface area contributed by atoms with Gasteiger partial charge in [-0.15, -0.1) is 0 Å². The monoisotopic (exact) mass is 343 g/mol. The molecule has 3 unspecified atom stereocenters. The zero-order chi connectivity index (χ0) is 17.1. The molecule has 0 bridgehead atoms. The van der Waals surface area contributed by atoms with Crippen LogP contribution in [0.2, 0.25) is 0 Å². The van der Waals surface area contributed by atoms with Crippen molar-refractivity contribution in [2.75, 3.05) is 27.8 Å². The van der Waals surface area contributed by atoms with Crippen LogP contribution >= 0.6 is 7.75 Å². The number of rotatable bonds is 6. The van der Waals surface area contributed by atoms with Crippen LogP contribution in [0.1, 0.15) is 31.2 Å². The van der Waals surface area contributed by atoms with Gasteiger partial charge in [0.25, 0.3) is 0 Å². The Morgan fingerprint density at radius 2 is 2.13 bits per heavy atom. The second kappa shape index (κ2) is 7.32. The molecule has 6 nitrogen and oxygen atoms in total. The third kappa shape index (κ3) is 3.95. The van der Waals surface area contributed by atoms with Crippen molar-refractivity contribution in [3.05, 3.63) is 29.8 Å².